The van der Waals surface area contributed by atoms with Crippen molar-refractivity contribution in [3.05, 3.63) is 66.0 Å². The van der Waals surface area contributed by atoms with Gasteiger partial charge in [-0.25, -0.2) is 0 Å². The Morgan fingerprint density at radius 3 is 2.04 bits per heavy atom. The van der Waals surface area contributed by atoms with Gasteiger partial charge in [0.2, 0.25) is 0 Å². The van der Waals surface area contributed by atoms with E-state index in [0.717, 1.165) is 5.56 Å². The van der Waals surface area contributed by atoms with E-state index in [1.807, 2.05) is 62.4 Å². The fourth-order valence-corrected chi connectivity index (χ4v) is 3.78. The van der Waals surface area contributed by atoms with Gasteiger partial charge in [0, 0.05) is 26.3 Å². The SMILES string of the molecule is CC(C)N(C)S(=O)(=O)N(C)C(c1ccccc1)c1ccccn1. The highest BCUT2D eigenvalue weighted by Gasteiger charge is 2.33. The normalized spacial score (nSPS) is 13.7. The first-order chi connectivity index (χ1) is 10.9. The van der Waals surface area contributed by atoms with Crippen LogP contribution < -0.4 is 0 Å². The number of benzene rings is 1. The topological polar surface area (TPSA) is 53.5 Å². The number of nitrogens with zero attached hydrogens (tertiary/aromatic N) is 3. The Kier molecular flexibility index (Phi) is 5.51. The average molecular weight is 333 g/mol. The molecule has 6 heteroatoms. The van der Waals surface area contributed by atoms with E-state index < -0.39 is 16.3 Å². The van der Waals surface area contributed by atoms with Crippen LogP contribution in [0.5, 0.6) is 0 Å². The van der Waals surface area contributed by atoms with E-state index in [4.69, 9.17) is 0 Å². The number of pyridine rings is 1. The molecule has 0 bridgehead atoms. The molecule has 5 nitrogen and oxygen atoms in total. The highest BCUT2D eigenvalue weighted by Crippen LogP contribution is 2.29. The molecule has 1 atom stereocenters. The molecule has 0 fully saturated rings. The van der Waals surface area contributed by atoms with Crippen molar-refractivity contribution in [3.8, 4) is 0 Å². The van der Waals surface area contributed by atoms with Gasteiger partial charge in [0.25, 0.3) is 10.2 Å². The molecule has 124 valence electrons. The van der Waals surface area contributed by atoms with E-state index in [9.17, 15) is 8.42 Å². The number of hydrogen-bond donors (Lipinski definition) is 0. The lowest BCUT2D eigenvalue weighted by atomic mass is 10.0. The summed E-state index contributed by atoms with van der Waals surface area (Å²) in [5, 5.41) is 0. The molecule has 0 N–H and O–H groups in total. The maximum Gasteiger partial charge on any atom is 0.282 e. The Hall–Kier alpha value is -1.76. The molecule has 1 unspecified atom stereocenters. The summed E-state index contributed by atoms with van der Waals surface area (Å²) < 4.78 is 28.5. The van der Waals surface area contributed by atoms with Crippen LogP contribution in [-0.4, -0.2) is 42.1 Å². The molecule has 0 aliphatic rings. The second kappa shape index (κ2) is 7.21. The van der Waals surface area contributed by atoms with Gasteiger partial charge in [0.15, 0.2) is 0 Å². The van der Waals surface area contributed by atoms with Crippen LogP contribution in [-0.2, 0) is 10.2 Å². The van der Waals surface area contributed by atoms with Crippen LogP contribution >= 0.6 is 0 Å². The molecule has 0 aliphatic carbocycles. The van der Waals surface area contributed by atoms with Crippen LogP contribution in [0.15, 0.2) is 54.7 Å². The molecule has 0 spiro atoms. The monoisotopic (exact) mass is 333 g/mol. The van der Waals surface area contributed by atoms with Crippen LogP contribution in [0.4, 0.5) is 0 Å². The van der Waals surface area contributed by atoms with E-state index in [1.165, 1.54) is 8.61 Å². The highest BCUT2D eigenvalue weighted by atomic mass is 32.2. The van der Waals surface area contributed by atoms with Crippen molar-refractivity contribution in [2.45, 2.75) is 25.9 Å². The van der Waals surface area contributed by atoms with Crippen molar-refractivity contribution in [1.29, 1.82) is 0 Å². The molecule has 1 heterocycles. The summed E-state index contributed by atoms with van der Waals surface area (Å²) in [6, 6.07) is 14.5. The van der Waals surface area contributed by atoms with E-state index in [0.29, 0.717) is 5.69 Å². The van der Waals surface area contributed by atoms with Gasteiger partial charge in [0.1, 0.15) is 0 Å². The maximum atomic E-state index is 12.9. The summed E-state index contributed by atoms with van der Waals surface area (Å²) in [5.74, 6) is 0. The van der Waals surface area contributed by atoms with Crippen molar-refractivity contribution < 1.29 is 8.42 Å². The Morgan fingerprint density at radius 2 is 1.52 bits per heavy atom. The minimum Gasteiger partial charge on any atom is -0.259 e. The van der Waals surface area contributed by atoms with Gasteiger partial charge in [-0.3, -0.25) is 4.98 Å². The first-order valence-corrected chi connectivity index (χ1v) is 8.92. The van der Waals surface area contributed by atoms with E-state index in [-0.39, 0.29) is 6.04 Å². The van der Waals surface area contributed by atoms with Gasteiger partial charge in [-0.15, -0.1) is 0 Å². The van der Waals surface area contributed by atoms with Crippen LogP contribution in [0.3, 0.4) is 0 Å². The Morgan fingerprint density at radius 1 is 0.913 bits per heavy atom. The zero-order valence-corrected chi connectivity index (χ0v) is 14.7. The summed E-state index contributed by atoms with van der Waals surface area (Å²) in [6.07, 6.45) is 1.68. The third-order valence-corrected chi connectivity index (χ3v) is 5.99. The third-order valence-electron chi connectivity index (χ3n) is 3.90. The summed E-state index contributed by atoms with van der Waals surface area (Å²) in [6.45, 7) is 3.70. The molecule has 23 heavy (non-hydrogen) atoms. The fraction of sp³-hybridized carbons (Fsp3) is 0.353. The lowest BCUT2D eigenvalue weighted by Crippen LogP contribution is -2.44. The smallest absolute Gasteiger partial charge is 0.259 e. The Balaban J connectivity index is 2.51. The number of aromatic nitrogens is 1. The van der Waals surface area contributed by atoms with Crippen LogP contribution in [0.1, 0.15) is 31.1 Å². The van der Waals surface area contributed by atoms with Crippen molar-refractivity contribution >= 4 is 10.2 Å². The second-order valence-electron chi connectivity index (χ2n) is 5.70. The summed E-state index contributed by atoms with van der Waals surface area (Å²) in [5.41, 5.74) is 1.58. The van der Waals surface area contributed by atoms with E-state index >= 15 is 0 Å². The minimum atomic E-state index is -3.61. The summed E-state index contributed by atoms with van der Waals surface area (Å²) >= 11 is 0. The standard InChI is InChI=1S/C17H23N3O2S/c1-14(2)19(3)23(21,22)20(4)17(15-10-6-5-7-11-15)16-12-8-9-13-18-16/h5-14,17H,1-4H3. The lowest BCUT2D eigenvalue weighted by Gasteiger charge is -2.32. The predicted molar refractivity (Wildman–Crippen MR) is 92.1 cm³/mol. The van der Waals surface area contributed by atoms with Gasteiger partial charge >= 0.3 is 0 Å². The van der Waals surface area contributed by atoms with Crippen LogP contribution in [0, 0.1) is 0 Å². The molecular weight excluding hydrogens is 310 g/mol. The van der Waals surface area contributed by atoms with Crippen molar-refractivity contribution in [1.82, 2.24) is 13.6 Å². The molecule has 1 aromatic carbocycles. The average Bonchev–Trinajstić information content (AvgIpc) is 2.56. The first kappa shape index (κ1) is 17.6. The zero-order valence-electron chi connectivity index (χ0n) is 13.9. The van der Waals surface area contributed by atoms with Gasteiger partial charge in [-0.1, -0.05) is 36.4 Å². The molecule has 0 radical (unpaired) electrons. The number of rotatable bonds is 6. The molecule has 0 aliphatic heterocycles. The zero-order chi connectivity index (χ0) is 17.0. The van der Waals surface area contributed by atoms with Gasteiger partial charge in [-0.2, -0.15) is 17.0 Å². The van der Waals surface area contributed by atoms with Crippen molar-refractivity contribution in [2.24, 2.45) is 0 Å². The summed E-state index contributed by atoms with van der Waals surface area (Å²) in [7, 11) is -0.415. The largest absolute Gasteiger partial charge is 0.282 e. The minimum absolute atomic E-state index is 0.123. The van der Waals surface area contributed by atoms with Crippen LogP contribution in [0.25, 0.3) is 0 Å². The highest BCUT2D eigenvalue weighted by molar-refractivity contribution is 7.86. The second-order valence-corrected chi connectivity index (χ2v) is 7.75. The first-order valence-electron chi connectivity index (χ1n) is 7.52. The van der Waals surface area contributed by atoms with Gasteiger partial charge < -0.3 is 0 Å². The Labute approximate surface area is 138 Å². The molecule has 0 saturated heterocycles. The Bertz CT molecular complexity index is 679. The lowest BCUT2D eigenvalue weighted by molar-refractivity contribution is 0.334. The third kappa shape index (κ3) is 3.77. The van der Waals surface area contributed by atoms with Crippen molar-refractivity contribution in [2.75, 3.05) is 14.1 Å². The number of hydrogen-bond acceptors (Lipinski definition) is 3. The van der Waals surface area contributed by atoms with E-state index in [2.05, 4.69) is 4.98 Å². The van der Waals surface area contributed by atoms with E-state index in [1.54, 1.807) is 20.3 Å². The van der Waals surface area contributed by atoms with Gasteiger partial charge in [0.05, 0.1) is 11.7 Å². The predicted octanol–water partition coefficient (Wildman–Crippen LogP) is 2.69. The fourth-order valence-electron chi connectivity index (χ4n) is 2.34. The molecular formula is C17H23N3O2S. The quantitative estimate of drug-likeness (QED) is 0.817. The molecule has 2 aromatic rings. The van der Waals surface area contributed by atoms with Crippen LogP contribution in [0.2, 0.25) is 0 Å². The molecule has 1 aromatic heterocycles. The summed E-state index contributed by atoms with van der Waals surface area (Å²) in [4.78, 5) is 4.37. The molecule has 0 amide bonds. The van der Waals surface area contributed by atoms with Crippen molar-refractivity contribution in [3.63, 3.8) is 0 Å². The molecule has 2 rings (SSSR count). The molecule has 0 saturated carbocycles. The maximum absolute atomic E-state index is 12.9. The van der Waals surface area contributed by atoms with Gasteiger partial charge in [-0.05, 0) is 31.5 Å².